The molecule has 3 N–H and O–H groups in total. The van der Waals surface area contributed by atoms with Crippen LogP contribution in [-0.4, -0.2) is 13.4 Å². The lowest BCUT2D eigenvalue weighted by Gasteiger charge is -2.09. The Labute approximate surface area is 114 Å². The van der Waals surface area contributed by atoms with Gasteiger partial charge < -0.3 is 5.73 Å². The van der Waals surface area contributed by atoms with Gasteiger partial charge in [0.15, 0.2) is 9.34 Å². The highest BCUT2D eigenvalue weighted by Crippen LogP contribution is 2.28. The first kappa shape index (κ1) is 13.8. The van der Waals surface area contributed by atoms with Crippen LogP contribution >= 0.6 is 11.3 Å². The molecule has 0 saturated heterocycles. The van der Waals surface area contributed by atoms with Gasteiger partial charge in [-0.15, -0.1) is 0 Å². The Morgan fingerprint density at radius 1 is 1.37 bits per heavy atom. The van der Waals surface area contributed by atoms with E-state index < -0.39 is 15.8 Å². The molecular weight excluding hydrogens is 289 g/mol. The van der Waals surface area contributed by atoms with Gasteiger partial charge in [0, 0.05) is 5.56 Å². The van der Waals surface area contributed by atoms with E-state index in [0.29, 0.717) is 5.69 Å². The molecule has 1 heterocycles. The fraction of sp³-hybridized carbons (Fsp3) is 0.182. The minimum Gasteiger partial charge on any atom is -0.375 e. The lowest BCUT2D eigenvalue weighted by atomic mass is 10.2. The summed E-state index contributed by atoms with van der Waals surface area (Å²) in [6.07, 6.45) is 0. The van der Waals surface area contributed by atoms with E-state index in [1.165, 1.54) is 25.1 Å². The molecule has 0 saturated carbocycles. The van der Waals surface area contributed by atoms with Gasteiger partial charge in [0.05, 0.1) is 11.4 Å². The standard InChI is InChI=1S/C11H12FN3O2S2/c1-6-8(12)4-3-5-9(6)15-19(16,17)10-7(2)14-11(13)18-10/h3-5,15H,1-2H3,(H2,13,14). The second kappa shape index (κ2) is 4.78. The van der Waals surface area contributed by atoms with E-state index in [9.17, 15) is 12.8 Å². The van der Waals surface area contributed by atoms with E-state index in [1.807, 2.05) is 0 Å². The van der Waals surface area contributed by atoms with Crippen LogP contribution in [0.5, 0.6) is 0 Å². The third-order valence-electron chi connectivity index (χ3n) is 2.53. The van der Waals surface area contributed by atoms with Crippen molar-refractivity contribution in [1.29, 1.82) is 0 Å². The number of rotatable bonds is 3. The van der Waals surface area contributed by atoms with E-state index in [0.717, 1.165) is 11.3 Å². The van der Waals surface area contributed by atoms with Crippen molar-refractivity contribution >= 4 is 32.2 Å². The number of nitrogen functional groups attached to an aromatic ring is 1. The maximum absolute atomic E-state index is 13.4. The van der Waals surface area contributed by atoms with Gasteiger partial charge in [-0.25, -0.2) is 17.8 Å². The molecular formula is C11H12FN3O2S2. The Balaban J connectivity index is 2.42. The van der Waals surface area contributed by atoms with Crippen molar-refractivity contribution in [3.63, 3.8) is 0 Å². The summed E-state index contributed by atoms with van der Waals surface area (Å²) in [5.41, 5.74) is 6.24. The number of hydrogen-bond donors (Lipinski definition) is 2. The minimum atomic E-state index is -3.80. The van der Waals surface area contributed by atoms with Gasteiger partial charge >= 0.3 is 0 Å². The van der Waals surface area contributed by atoms with Crippen molar-refractivity contribution in [2.45, 2.75) is 18.1 Å². The van der Waals surface area contributed by atoms with Crippen LogP contribution in [0.25, 0.3) is 0 Å². The zero-order valence-corrected chi connectivity index (χ0v) is 11.9. The monoisotopic (exact) mass is 301 g/mol. The lowest BCUT2D eigenvalue weighted by Crippen LogP contribution is -2.13. The van der Waals surface area contributed by atoms with Gasteiger partial charge in [0.25, 0.3) is 10.0 Å². The number of aromatic nitrogens is 1. The number of aryl methyl sites for hydroxylation is 1. The molecule has 1 aromatic heterocycles. The average Bonchev–Trinajstić information content (AvgIpc) is 2.65. The highest BCUT2D eigenvalue weighted by atomic mass is 32.2. The second-order valence-electron chi connectivity index (χ2n) is 3.94. The largest absolute Gasteiger partial charge is 0.375 e. The number of anilines is 2. The van der Waals surface area contributed by atoms with Crippen LogP contribution in [0.1, 0.15) is 11.3 Å². The molecule has 0 aliphatic heterocycles. The Kier molecular flexibility index (Phi) is 3.46. The molecule has 8 heteroatoms. The van der Waals surface area contributed by atoms with E-state index in [2.05, 4.69) is 9.71 Å². The number of hydrogen-bond acceptors (Lipinski definition) is 5. The summed E-state index contributed by atoms with van der Waals surface area (Å²) < 4.78 is 40.1. The van der Waals surface area contributed by atoms with Gasteiger partial charge in [-0.3, -0.25) is 4.72 Å². The van der Waals surface area contributed by atoms with Crippen LogP contribution < -0.4 is 10.5 Å². The van der Waals surface area contributed by atoms with E-state index in [4.69, 9.17) is 5.73 Å². The molecule has 0 aliphatic rings. The van der Waals surface area contributed by atoms with Gasteiger partial charge in [-0.05, 0) is 26.0 Å². The molecule has 0 radical (unpaired) electrons. The topological polar surface area (TPSA) is 85.1 Å². The molecule has 0 aliphatic carbocycles. The third-order valence-corrected chi connectivity index (χ3v) is 5.49. The molecule has 102 valence electrons. The molecule has 0 bridgehead atoms. The third kappa shape index (κ3) is 2.69. The quantitative estimate of drug-likeness (QED) is 0.910. The fourth-order valence-electron chi connectivity index (χ4n) is 1.56. The van der Waals surface area contributed by atoms with Gasteiger partial charge in [0.1, 0.15) is 5.82 Å². The second-order valence-corrected chi connectivity index (χ2v) is 6.85. The number of nitrogens with zero attached hydrogens (tertiary/aromatic N) is 1. The average molecular weight is 301 g/mol. The van der Waals surface area contributed by atoms with Crippen molar-refractivity contribution in [2.24, 2.45) is 0 Å². The Morgan fingerprint density at radius 3 is 2.63 bits per heavy atom. The molecule has 0 fully saturated rings. The van der Waals surface area contributed by atoms with E-state index in [-0.39, 0.29) is 20.6 Å². The van der Waals surface area contributed by atoms with Gasteiger partial charge in [-0.1, -0.05) is 17.4 Å². The summed E-state index contributed by atoms with van der Waals surface area (Å²) >= 11 is 0.873. The molecule has 0 spiro atoms. The number of nitrogens with two attached hydrogens (primary N) is 1. The highest BCUT2D eigenvalue weighted by Gasteiger charge is 2.22. The Morgan fingerprint density at radius 2 is 2.05 bits per heavy atom. The normalized spacial score (nSPS) is 11.5. The van der Waals surface area contributed by atoms with Crippen molar-refractivity contribution in [1.82, 2.24) is 4.98 Å². The summed E-state index contributed by atoms with van der Waals surface area (Å²) in [7, 11) is -3.80. The van der Waals surface area contributed by atoms with Crippen molar-refractivity contribution < 1.29 is 12.8 Å². The summed E-state index contributed by atoms with van der Waals surface area (Å²) in [4.78, 5) is 3.86. The summed E-state index contributed by atoms with van der Waals surface area (Å²) in [6, 6.07) is 4.20. The molecule has 0 unspecified atom stereocenters. The number of nitrogens with one attached hydrogen (secondary N) is 1. The van der Waals surface area contributed by atoms with Crippen LogP contribution in [0, 0.1) is 19.7 Å². The molecule has 5 nitrogen and oxygen atoms in total. The highest BCUT2D eigenvalue weighted by molar-refractivity contribution is 7.94. The molecule has 19 heavy (non-hydrogen) atoms. The lowest BCUT2D eigenvalue weighted by molar-refractivity contribution is 0.602. The number of thiazole rings is 1. The van der Waals surface area contributed by atoms with Gasteiger partial charge in [-0.2, -0.15) is 0 Å². The number of halogens is 1. The Hall–Kier alpha value is -1.67. The van der Waals surface area contributed by atoms with Crippen LogP contribution in [0.15, 0.2) is 22.4 Å². The van der Waals surface area contributed by atoms with Crippen LogP contribution in [-0.2, 0) is 10.0 Å². The van der Waals surface area contributed by atoms with Gasteiger partial charge in [0.2, 0.25) is 0 Å². The van der Waals surface area contributed by atoms with Crippen LogP contribution in [0.3, 0.4) is 0 Å². The maximum atomic E-state index is 13.4. The summed E-state index contributed by atoms with van der Waals surface area (Å²) in [5.74, 6) is -0.472. The summed E-state index contributed by atoms with van der Waals surface area (Å²) in [5, 5.41) is 0.175. The SMILES string of the molecule is Cc1nc(N)sc1S(=O)(=O)Nc1cccc(F)c1C. The Bertz CT molecular complexity index is 726. The van der Waals surface area contributed by atoms with E-state index in [1.54, 1.807) is 6.92 Å². The smallest absolute Gasteiger partial charge is 0.273 e. The minimum absolute atomic E-state index is 0.0358. The number of benzene rings is 1. The first-order valence-electron chi connectivity index (χ1n) is 5.32. The first-order chi connectivity index (χ1) is 8.81. The zero-order valence-electron chi connectivity index (χ0n) is 10.3. The predicted octanol–water partition coefficient (Wildman–Crippen LogP) is 2.28. The summed E-state index contributed by atoms with van der Waals surface area (Å²) in [6.45, 7) is 3.06. The van der Waals surface area contributed by atoms with Crippen molar-refractivity contribution in [3.05, 3.63) is 35.3 Å². The number of sulfonamides is 1. The van der Waals surface area contributed by atoms with Crippen LogP contribution in [0.2, 0.25) is 0 Å². The first-order valence-corrected chi connectivity index (χ1v) is 7.62. The molecule has 0 amide bonds. The van der Waals surface area contributed by atoms with Crippen molar-refractivity contribution in [2.75, 3.05) is 10.5 Å². The van der Waals surface area contributed by atoms with Crippen LogP contribution in [0.4, 0.5) is 15.2 Å². The molecule has 1 aromatic carbocycles. The van der Waals surface area contributed by atoms with Crippen molar-refractivity contribution in [3.8, 4) is 0 Å². The maximum Gasteiger partial charge on any atom is 0.273 e. The zero-order chi connectivity index (χ0) is 14.2. The molecule has 0 atom stereocenters. The molecule has 2 aromatic rings. The van der Waals surface area contributed by atoms with E-state index >= 15 is 0 Å². The fourth-order valence-corrected chi connectivity index (χ4v) is 3.98. The molecule has 2 rings (SSSR count). The predicted molar refractivity (Wildman–Crippen MR) is 73.2 cm³/mol.